The molecule has 0 radical (unpaired) electrons. The molecule has 0 spiro atoms. The van der Waals surface area contributed by atoms with Gasteiger partial charge in [-0.2, -0.15) is 12.1 Å². The SMILES string of the molecule is [2H]c1c([2H])c([2H])c(-c2cccc(-c3c([2H])c([2H])c([2H])c([2H])c3[2H])c2Oc2ccnc(-n3c4[c-]c(Oc5[c-]c(N6[CH-]N(c7c(-c8c([2H])c([2H])c([2H])c([2H])c8[2H])cc(C(C)(C)C)cc7-c7c([2H])c([2H])c([2H])c([2H])c7[2H])c7ccccc76)ccc5)ccc4c4ccccc43)c2)c([2H])c1[2H].[Pt]. The zero-order chi connectivity index (χ0) is 68.6. The second-order valence-corrected chi connectivity index (χ2v) is 18.6. The van der Waals surface area contributed by atoms with Gasteiger partial charge in [0.25, 0.3) is 0 Å². The Morgan fingerprint density at radius 3 is 1.66 bits per heavy atom. The van der Waals surface area contributed by atoms with Gasteiger partial charge in [0, 0.05) is 89.7 Å². The second-order valence-electron chi connectivity index (χ2n) is 18.6. The van der Waals surface area contributed by atoms with E-state index in [-0.39, 0.29) is 100 Å². The van der Waals surface area contributed by atoms with Crippen LogP contribution in [0.1, 0.15) is 53.7 Å². The first-order valence-electron chi connectivity index (χ1n) is 34.0. The molecule has 77 heavy (non-hydrogen) atoms. The van der Waals surface area contributed by atoms with Crippen molar-refractivity contribution in [2.24, 2.45) is 0 Å². The molecule has 6 nitrogen and oxygen atoms in total. The standard InChI is InChI=1S/C70H51N4O2.Pt/c1-70(2,3)52-42-61(50-26-12-6-13-27-50)68(62(43-52)51-28-14-7-15-29-51)73-47-72(64-36-18-19-37-65(64)73)53-30-20-31-54(44-53)75-55-38-39-60-59-32-16-17-35-63(59)74(66(60)45-55)67-46-56(40-41-71-67)76-69-57(48-22-8-4-9-23-48)33-21-34-58(69)49-24-10-5-11-25-49;/h4-43,46-47H,1-3H3;/q-3;/i4D,5D,6D,7D,8D,9D,10D,11D,12D,13D,14D,15D,22D,23D,24D,25D,26D,27D,28D,29D;. The minimum Gasteiger partial charge on any atom is -0.509 e. The van der Waals surface area contributed by atoms with Crippen molar-refractivity contribution < 1.29 is 58.0 Å². The first kappa shape index (κ1) is 31.2. The Morgan fingerprint density at radius 2 is 1.05 bits per heavy atom. The number of ether oxygens (including phenoxy) is 2. The molecule has 0 atom stereocenters. The fraction of sp³-hybridized carbons (Fsp3) is 0.0571. The van der Waals surface area contributed by atoms with Crippen LogP contribution >= 0.6 is 0 Å². The number of anilines is 4. The summed E-state index contributed by atoms with van der Waals surface area (Å²) in [5.74, 6) is 0.667. The number of fused-ring (bicyclic) bond motifs is 4. The molecule has 376 valence electrons. The Morgan fingerprint density at radius 1 is 0.506 bits per heavy atom. The van der Waals surface area contributed by atoms with E-state index in [2.05, 4.69) is 12.1 Å². The number of hydrogen-bond donors (Lipinski definition) is 0. The predicted molar refractivity (Wildman–Crippen MR) is 311 cm³/mol. The van der Waals surface area contributed by atoms with Crippen molar-refractivity contribution in [3.05, 3.63) is 273 Å². The van der Waals surface area contributed by atoms with Crippen LogP contribution in [-0.4, -0.2) is 9.55 Å². The van der Waals surface area contributed by atoms with Crippen LogP contribution in [0.15, 0.2) is 248 Å². The topological polar surface area (TPSA) is 42.8 Å². The smallest absolute Gasteiger partial charge is 0.143 e. The summed E-state index contributed by atoms with van der Waals surface area (Å²) in [6, 6.07) is 29.6. The fourth-order valence-corrected chi connectivity index (χ4v) is 9.40. The maximum Gasteiger partial charge on any atom is 0.143 e. The van der Waals surface area contributed by atoms with Crippen LogP contribution in [0.25, 0.3) is 72.1 Å². The van der Waals surface area contributed by atoms with E-state index in [1.165, 1.54) is 30.5 Å². The van der Waals surface area contributed by atoms with Gasteiger partial charge in [0.15, 0.2) is 0 Å². The zero-order valence-corrected chi connectivity index (χ0v) is 43.4. The van der Waals surface area contributed by atoms with E-state index in [0.29, 0.717) is 33.7 Å². The summed E-state index contributed by atoms with van der Waals surface area (Å²) in [7, 11) is 0. The zero-order valence-electron chi connectivity index (χ0n) is 61.1. The Kier molecular flexibility index (Phi) is 8.35. The molecule has 0 fully saturated rings. The maximum absolute atomic E-state index is 9.30. The summed E-state index contributed by atoms with van der Waals surface area (Å²) >= 11 is 0. The molecule has 3 heterocycles. The fourth-order valence-electron chi connectivity index (χ4n) is 9.40. The van der Waals surface area contributed by atoms with E-state index in [9.17, 15) is 5.48 Å². The number of nitrogens with zero attached hydrogens (tertiary/aromatic N) is 4. The molecular formula is C70H51N4O2Pt-3. The molecule has 0 saturated carbocycles. The molecule has 12 aromatic rings. The van der Waals surface area contributed by atoms with Crippen LogP contribution in [0.3, 0.4) is 0 Å². The maximum atomic E-state index is 9.30. The Balaban J connectivity index is 0.00000897. The number of para-hydroxylation sites is 4. The molecule has 0 saturated heterocycles. The van der Waals surface area contributed by atoms with Gasteiger partial charge in [-0.1, -0.05) is 196 Å². The Hall–Kier alpha value is -8.96. The van der Waals surface area contributed by atoms with Crippen LogP contribution in [0, 0.1) is 18.8 Å². The molecule has 0 unspecified atom stereocenters. The third-order valence-electron chi connectivity index (χ3n) is 12.9. The summed E-state index contributed by atoms with van der Waals surface area (Å²) in [6.07, 6.45) is 1.46. The van der Waals surface area contributed by atoms with Gasteiger partial charge in [0.2, 0.25) is 0 Å². The molecule has 13 rings (SSSR count). The average Bonchev–Trinajstić information content (AvgIpc) is 1.71. The van der Waals surface area contributed by atoms with Crippen LogP contribution < -0.4 is 19.3 Å². The van der Waals surface area contributed by atoms with E-state index < -0.39 is 126 Å². The van der Waals surface area contributed by atoms with Gasteiger partial charge in [-0.05, 0) is 75.0 Å². The summed E-state index contributed by atoms with van der Waals surface area (Å²) in [4.78, 5) is 8.28. The van der Waals surface area contributed by atoms with E-state index in [1.807, 2.05) is 67.8 Å². The van der Waals surface area contributed by atoms with Gasteiger partial charge in [-0.3, -0.25) is 0 Å². The second kappa shape index (κ2) is 20.6. The summed E-state index contributed by atoms with van der Waals surface area (Å²) < 4.78 is 191. The van der Waals surface area contributed by atoms with Gasteiger partial charge in [-0.25, -0.2) is 4.98 Å². The van der Waals surface area contributed by atoms with E-state index in [1.54, 1.807) is 71.1 Å². The average molecular weight is 1200 g/mol. The van der Waals surface area contributed by atoms with E-state index in [4.69, 9.17) is 36.4 Å². The number of aromatic nitrogens is 2. The van der Waals surface area contributed by atoms with Gasteiger partial charge in [0.1, 0.15) is 17.3 Å². The van der Waals surface area contributed by atoms with Gasteiger partial charge < -0.3 is 23.8 Å². The predicted octanol–water partition coefficient (Wildman–Crippen LogP) is 18.7. The first-order valence-corrected chi connectivity index (χ1v) is 24.0. The largest absolute Gasteiger partial charge is 0.509 e. The number of benzene rings is 10. The van der Waals surface area contributed by atoms with Crippen molar-refractivity contribution in [2.45, 2.75) is 26.2 Å². The van der Waals surface area contributed by atoms with Crippen molar-refractivity contribution in [3.63, 3.8) is 0 Å². The molecular weight excluding hydrogens is 1120 g/mol. The third-order valence-corrected chi connectivity index (χ3v) is 12.9. The van der Waals surface area contributed by atoms with Crippen LogP contribution in [0.4, 0.5) is 22.7 Å². The monoisotopic (exact) mass is 1190 g/mol. The van der Waals surface area contributed by atoms with Crippen molar-refractivity contribution in [2.75, 3.05) is 9.80 Å². The number of rotatable bonds is 11. The molecule has 0 aliphatic carbocycles. The Labute approximate surface area is 492 Å². The van der Waals surface area contributed by atoms with Gasteiger partial charge in [0.05, 0.1) is 27.4 Å². The molecule has 1 aliphatic rings. The summed E-state index contributed by atoms with van der Waals surface area (Å²) in [6.45, 7) is 7.41. The van der Waals surface area contributed by atoms with Crippen LogP contribution in [0.5, 0.6) is 23.0 Å². The van der Waals surface area contributed by atoms with E-state index >= 15 is 0 Å². The van der Waals surface area contributed by atoms with Gasteiger partial charge in [-0.15, -0.1) is 48.1 Å². The van der Waals surface area contributed by atoms with E-state index in [0.717, 1.165) is 10.8 Å². The molecule has 10 aromatic carbocycles. The molecule has 0 amide bonds. The van der Waals surface area contributed by atoms with Crippen molar-refractivity contribution in [3.8, 4) is 73.3 Å². The van der Waals surface area contributed by atoms with Crippen molar-refractivity contribution in [1.29, 1.82) is 0 Å². The van der Waals surface area contributed by atoms with Crippen molar-refractivity contribution >= 4 is 44.6 Å². The molecule has 0 bridgehead atoms. The normalized spacial score (nSPS) is 15.8. The molecule has 2 aromatic heterocycles. The third kappa shape index (κ3) is 9.36. The molecule has 7 heteroatoms. The van der Waals surface area contributed by atoms with Gasteiger partial charge >= 0.3 is 0 Å². The summed E-state index contributed by atoms with van der Waals surface area (Å²) in [5.41, 5.74) is 2.07. The first-order chi connectivity index (χ1) is 45.6. The minimum absolute atomic E-state index is 0. The minimum atomic E-state index is -0.694. The number of pyridine rings is 1. The molecule has 0 N–H and O–H groups in total. The molecule has 1 aliphatic heterocycles. The van der Waals surface area contributed by atoms with Crippen LogP contribution in [0.2, 0.25) is 0 Å². The van der Waals surface area contributed by atoms with Crippen LogP contribution in [-0.2, 0) is 26.5 Å². The number of hydrogen-bond acceptors (Lipinski definition) is 5. The Bertz CT molecular complexity index is 5040. The summed E-state index contributed by atoms with van der Waals surface area (Å²) in [5, 5.41) is 1.54. The quantitative estimate of drug-likeness (QED) is 0.121. The van der Waals surface area contributed by atoms with Crippen molar-refractivity contribution in [1.82, 2.24) is 9.55 Å².